The summed E-state index contributed by atoms with van der Waals surface area (Å²) < 4.78 is 49.0. The smallest absolute Gasteiger partial charge is 0.422 e. The number of benzene rings is 2. The van der Waals surface area contributed by atoms with Gasteiger partial charge >= 0.3 is 12.2 Å². The molecule has 1 amide bonds. The summed E-state index contributed by atoms with van der Waals surface area (Å²) in [6, 6.07) is 13.6. The second kappa shape index (κ2) is 13.7. The Balaban J connectivity index is 1.57. The van der Waals surface area contributed by atoms with Crippen LogP contribution in [0, 0.1) is 5.41 Å². The molecule has 4 aliphatic rings. The molecule has 0 atom stereocenters. The van der Waals surface area contributed by atoms with Gasteiger partial charge in [0.25, 0.3) is 5.91 Å². The van der Waals surface area contributed by atoms with Crippen LogP contribution in [0.25, 0.3) is 0 Å². The van der Waals surface area contributed by atoms with Gasteiger partial charge in [-0.2, -0.15) is 28.1 Å². The zero-order valence-corrected chi connectivity index (χ0v) is 23.9. The summed E-state index contributed by atoms with van der Waals surface area (Å²) in [6.07, 6.45) is -3.71. The summed E-state index contributed by atoms with van der Waals surface area (Å²) in [5.74, 6) is 0.529. The van der Waals surface area contributed by atoms with Crippen LogP contribution in [-0.4, -0.2) is 71.3 Å². The molecular weight excluding hydrogens is 551 g/mol. The highest BCUT2D eigenvalue weighted by Crippen LogP contribution is 2.22. The molecule has 42 heavy (non-hydrogen) atoms. The van der Waals surface area contributed by atoms with E-state index in [0.29, 0.717) is 30.9 Å². The van der Waals surface area contributed by atoms with Gasteiger partial charge in [-0.25, -0.2) is 0 Å². The van der Waals surface area contributed by atoms with Crippen molar-refractivity contribution < 1.29 is 27.4 Å². The van der Waals surface area contributed by atoms with Crippen LogP contribution in [0.15, 0.2) is 48.5 Å². The fourth-order valence-electron chi connectivity index (χ4n) is 4.33. The molecule has 0 radical (unpaired) electrons. The lowest BCUT2D eigenvalue weighted by Crippen LogP contribution is -2.42. The molecule has 4 aliphatic heterocycles. The lowest BCUT2D eigenvalue weighted by molar-refractivity contribution is -0.154. The molecule has 2 aromatic carbocycles. The van der Waals surface area contributed by atoms with Crippen LogP contribution in [0.2, 0.25) is 0 Å². The predicted octanol–water partition coefficient (Wildman–Crippen LogP) is 5.03. The Morgan fingerprint density at radius 3 is 2.40 bits per heavy atom. The van der Waals surface area contributed by atoms with Gasteiger partial charge in [0.05, 0.1) is 6.61 Å². The van der Waals surface area contributed by atoms with Gasteiger partial charge in [-0.3, -0.25) is 4.79 Å². The molecule has 10 nitrogen and oxygen atoms in total. The third kappa shape index (κ3) is 9.75. The first kappa shape index (κ1) is 30.8. The molecule has 3 N–H and O–H groups in total. The highest BCUT2D eigenvalue weighted by Gasteiger charge is 2.29. The van der Waals surface area contributed by atoms with Crippen molar-refractivity contribution in [3.05, 3.63) is 59.7 Å². The van der Waals surface area contributed by atoms with Crippen molar-refractivity contribution in [3.8, 4) is 11.8 Å². The van der Waals surface area contributed by atoms with Crippen LogP contribution in [-0.2, 0) is 6.54 Å². The van der Waals surface area contributed by atoms with E-state index in [0.717, 1.165) is 37.4 Å². The van der Waals surface area contributed by atoms with E-state index < -0.39 is 18.8 Å². The number of carbonyl (C=O) groups is 1. The van der Waals surface area contributed by atoms with Gasteiger partial charge in [0, 0.05) is 37.4 Å². The summed E-state index contributed by atoms with van der Waals surface area (Å²) in [4.78, 5) is 27.4. The first-order valence-electron chi connectivity index (χ1n) is 13.8. The molecule has 0 fully saturated rings. The molecule has 0 aliphatic carbocycles. The molecule has 7 rings (SSSR count). The number of nitrogens with one attached hydrogen (secondary N) is 3. The van der Waals surface area contributed by atoms with Gasteiger partial charge in [0.1, 0.15) is 5.75 Å². The highest BCUT2D eigenvalue weighted by molar-refractivity contribution is 5.94. The summed E-state index contributed by atoms with van der Waals surface area (Å²) in [5.41, 5.74) is 1.72. The van der Waals surface area contributed by atoms with Gasteiger partial charge < -0.3 is 30.3 Å². The van der Waals surface area contributed by atoms with Gasteiger partial charge in [0.15, 0.2) is 6.61 Å². The summed E-state index contributed by atoms with van der Waals surface area (Å²) in [5, 5.41) is 8.97. The number of aromatic nitrogens is 3. The Morgan fingerprint density at radius 1 is 1.00 bits per heavy atom. The standard InChI is InChI=1S/C29H36F3N7O3/c1-4-39-14-5-15-41-23-12-6-20(7-13-23)16-33-25-36-26(38-27(37-25)42-19-29(30,31)32)35-22-10-8-21(9-11-22)24(40)34-17-28(2,3)18-39/h6-13H,4-5,14-19H2,1-3H3,(H,34,40)(H2,33,35,36,37,38). The summed E-state index contributed by atoms with van der Waals surface area (Å²) in [7, 11) is 0. The Morgan fingerprint density at radius 2 is 1.71 bits per heavy atom. The first-order chi connectivity index (χ1) is 20.0. The fraction of sp³-hybridized carbons (Fsp3) is 0.448. The van der Waals surface area contributed by atoms with Gasteiger partial charge in [-0.1, -0.05) is 32.9 Å². The van der Waals surface area contributed by atoms with Crippen molar-refractivity contribution >= 4 is 23.5 Å². The van der Waals surface area contributed by atoms with E-state index in [9.17, 15) is 18.0 Å². The van der Waals surface area contributed by atoms with E-state index in [1.54, 1.807) is 24.3 Å². The molecule has 226 valence electrons. The van der Waals surface area contributed by atoms with Crippen LogP contribution in [0.1, 0.15) is 43.1 Å². The van der Waals surface area contributed by atoms with E-state index >= 15 is 0 Å². The van der Waals surface area contributed by atoms with E-state index in [4.69, 9.17) is 9.47 Å². The lowest BCUT2D eigenvalue weighted by Gasteiger charge is -2.32. The largest absolute Gasteiger partial charge is 0.494 e. The number of hydrogen-bond donors (Lipinski definition) is 3. The van der Waals surface area contributed by atoms with Crippen LogP contribution in [0.3, 0.4) is 0 Å². The molecule has 5 heterocycles. The van der Waals surface area contributed by atoms with Gasteiger partial charge in [0.2, 0.25) is 11.9 Å². The van der Waals surface area contributed by atoms with E-state index in [-0.39, 0.29) is 23.2 Å². The number of ether oxygens (including phenoxy) is 2. The second-order valence-electron chi connectivity index (χ2n) is 10.8. The molecule has 6 bridgehead atoms. The number of carbonyl (C=O) groups excluding carboxylic acids is 1. The molecule has 0 spiro atoms. The molecule has 0 saturated carbocycles. The van der Waals surface area contributed by atoms with Crippen molar-refractivity contribution in [1.82, 2.24) is 25.2 Å². The molecule has 3 aromatic rings. The molecular formula is C29H36F3N7O3. The number of halogens is 3. The minimum atomic E-state index is -4.56. The van der Waals surface area contributed by atoms with Crippen molar-refractivity contribution in [2.45, 2.75) is 39.9 Å². The Bertz CT molecular complexity index is 1320. The number of rotatable bonds is 3. The molecule has 0 saturated heterocycles. The Kier molecular flexibility index (Phi) is 10.0. The first-order valence-corrected chi connectivity index (χ1v) is 13.8. The van der Waals surface area contributed by atoms with Crippen LogP contribution >= 0.6 is 0 Å². The average molecular weight is 588 g/mol. The zero-order valence-electron chi connectivity index (χ0n) is 23.9. The Labute approximate surface area is 243 Å². The molecule has 0 unspecified atom stereocenters. The van der Waals surface area contributed by atoms with E-state index in [2.05, 4.69) is 56.6 Å². The third-order valence-electron chi connectivity index (χ3n) is 6.47. The number of hydrogen-bond acceptors (Lipinski definition) is 9. The number of amides is 1. The van der Waals surface area contributed by atoms with Gasteiger partial charge in [-0.05, 0) is 60.3 Å². The highest BCUT2D eigenvalue weighted by atomic mass is 19.4. The zero-order chi connectivity index (χ0) is 30.2. The fourth-order valence-corrected chi connectivity index (χ4v) is 4.33. The Hall–Kier alpha value is -4.13. The summed E-state index contributed by atoms with van der Waals surface area (Å²) >= 11 is 0. The monoisotopic (exact) mass is 587 g/mol. The SMILES string of the molecule is CCN1CCCOc2ccc(cc2)CNc2nc(nc(OCC(F)(F)F)n2)Nc2ccc(cc2)C(=O)NCC(C)(C)C1. The van der Waals surface area contributed by atoms with Crippen molar-refractivity contribution in [3.63, 3.8) is 0 Å². The quantitative estimate of drug-likeness (QED) is 0.388. The van der Waals surface area contributed by atoms with Crippen LogP contribution < -0.4 is 25.4 Å². The number of nitrogens with zero attached hydrogens (tertiary/aromatic N) is 4. The molecule has 13 heteroatoms. The predicted molar refractivity (Wildman–Crippen MR) is 153 cm³/mol. The summed E-state index contributed by atoms with van der Waals surface area (Å²) in [6.45, 7) is 8.75. The lowest BCUT2D eigenvalue weighted by atomic mass is 9.92. The molecule has 1 aromatic heterocycles. The number of alkyl halides is 3. The normalized spacial score (nSPS) is 16.9. The van der Waals surface area contributed by atoms with Crippen molar-refractivity contribution in [2.24, 2.45) is 5.41 Å². The number of anilines is 3. The maximum atomic E-state index is 12.8. The van der Waals surface area contributed by atoms with Crippen LogP contribution in [0.4, 0.5) is 30.8 Å². The third-order valence-corrected chi connectivity index (χ3v) is 6.47. The minimum Gasteiger partial charge on any atom is -0.494 e. The topological polar surface area (TPSA) is 114 Å². The van der Waals surface area contributed by atoms with Crippen molar-refractivity contribution in [2.75, 3.05) is 50.0 Å². The maximum absolute atomic E-state index is 12.8. The van der Waals surface area contributed by atoms with E-state index in [1.165, 1.54) is 0 Å². The maximum Gasteiger partial charge on any atom is 0.422 e. The average Bonchev–Trinajstić information content (AvgIpc) is 2.95. The minimum absolute atomic E-state index is 0.0256. The van der Waals surface area contributed by atoms with E-state index in [1.807, 2.05) is 24.3 Å². The van der Waals surface area contributed by atoms with Crippen LogP contribution in [0.5, 0.6) is 11.8 Å². The second-order valence-corrected chi connectivity index (χ2v) is 10.8. The van der Waals surface area contributed by atoms with Gasteiger partial charge in [-0.15, -0.1) is 0 Å². The van der Waals surface area contributed by atoms with Crippen molar-refractivity contribution in [1.29, 1.82) is 0 Å².